The first-order valence-corrected chi connectivity index (χ1v) is 9.53. The molecule has 0 aromatic heterocycles. The van der Waals surface area contributed by atoms with Crippen LogP contribution in [0.4, 0.5) is 0 Å². The molecule has 0 saturated carbocycles. The second-order valence-corrected chi connectivity index (χ2v) is 6.86. The maximum absolute atomic E-state index is 12.2. The quantitative estimate of drug-likeness (QED) is 0.132. The van der Waals surface area contributed by atoms with Crippen LogP contribution >= 0.6 is 0 Å². The van der Waals surface area contributed by atoms with Crippen LogP contribution in [0.3, 0.4) is 0 Å². The van der Waals surface area contributed by atoms with Crippen LogP contribution in [0.25, 0.3) is 0 Å². The van der Waals surface area contributed by atoms with E-state index in [0.29, 0.717) is 13.0 Å². The molecule has 178 valence electrons. The first kappa shape index (κ1) is 26.3. The van der Waals surface area contributed by atoms with Crippen LogP contribution in [-0.4, -0.2) is 94.6 Å². The van der Waals surface area contributed by atoms with E-state index >= 15 is 0 Å². The average molecular weight is 459 g/mol. The van der Waals surface area contributed by atoms with Crippen molar-refractivity contribution in [1.29, 1.82) is 0 Å². The lowest BCUT2D eigenvalue weighted by molar-refractivity contribution is -0.148. The molecule has 0 radical (unpaired) electrons. The molecule has 1 saturated heterocycles. The summed E-state index contributed by atoms with van der Waals surface area (Å²) in [4.78, 5) is 80.4. The molecule has 3 atom stereocenters. The molecule has 15 nitrogen and oxygen atoms in total. The van der Waals surface area contributed by atoms with Crippen molar-refractivity contribution >= 4 is 41.5 Å². The Balaban J connectivity index is 2.54. The number of nitrogens with one attached hydrogen (secondary N) is 5. The van der Waals surface area contributed by atoms with Crippen LogP contribution in [-0.2, 0) is 33.6 Å². The van der Waals surface area contributed by atoms with E-state index in [1.54, 1.807) is 0 Å². The summed E-state index contributed by atoms with van der Waals surface area (Å²) in [5.74, 6) is -7.94. The highest BCUT2D eigenvalue weighted by molar-refractivity contribution is 5.95. The van der Waals surface area contributed by atoms with Gasteiger partial charge in [-0.25, -0.2) is 4.79 Å². The summed E-state index contributed by atoms with van der Waals surface area (Å²) < 4.78 is 0. The van der Waals surface area contributed by atoms with Crippen molar-refractivity contribution in [3.8, 4) is 0 Å². The lowest BCUT2D eigenvalue weighted by Gasteiger charge is -2.19. The topological polar surface area (TPSA) is 240 Å². The lowest BCUT2D eigenvalue weighted by Crippen LogP contribution is -2.54. The highest BCUT2D eigenvalue weighted by atomic mass is 16.4. The standard InChI is InChI=1S/C17H25N5O10/c23-11(6-20-15(29)8-2-1-3-18-8)19-7-12(24)21-9(4-13(25)26)16(30)22-10(17(31)32)5-14(27)28/h8-10,18H,1-7H2,(H,19,23)(H,20,29)(H,21,24)(H,22,30)(H,25,26)(H,27,28)(H,31,32)/t8-,9-,10-/m0/s1. The Kier molecular flexibility index (Phi) is 10.5. The van der Waals surface area contributed by atoms with Crippen molar-refractivity contribution < 1.29 is 48.9 Å². The van der Waals surface area contributed by atoms with Crippen molar-refractivity contribution in [2.45, 2.75) is 43.8 Å². The number of carboxylic acids is 3. The van der Waals surface area contributed by atoms with E-state index in [-0.39, 0.29) is 5.91 Å². The summed E-state index contributed by atoms with van der Waals surface area (Å²) in [5.41, 5.74) is 0. The smallest absolute Gasteiger partial charge is 0.326 e. The highest BCUT2D eigenvalue weighted by Crippen LogP contribution is 2.04. The molecule has 0 spiro atoms. The number of carboxylic acid groups (broad SMARTS) is 3. The van der Waals surface area contributed by atoms with Gasteiger partial charge in [0.1, 0.15) is 12.1 Å². The Bertz CT molecular complexity index is 765. The van der Waals surface area contributed by atoms with E-state index in [1.165, 1.54) is 0 Å². The number of hydrogen-bond donors (Lipinski definition) is 8. The number of carbonyl (C=O) groups is 7. The number of amides is 4. The molecule has 0 unspecified atom stereocenters. The second kappa shape index (κ2) is 12.8. The van der Waals surface area contributed by atoms with E-state index < -0.39 is 79.7 Å². The first-order valence-electron chi connectivity index (χ1n) is 9.53. The van der Waals surface area contributed by atoms with Crippen molar-refractivity contribution in [2.24, 2.45) is 0 Å². The average Bonchev–Trinajstić information content (AvgIpc) is 3.23. The minimum Gasteiger partial charge on any atom is -0.481 e. The van der Waals surface area contributed by atoms with Gasteiger partial charge in [-0.2, -0.15) is 0 Å². The van der Waals surface area contributed by atoms with E-state index in [1.807, 2.05) is 10.6 Å². The van der Waals surface area contributed by atoms with Crippen LogP contribution in [0.2, 0.25) is 0 Å². The molecule has 32 heavy (non-hydrogen) atoms. The Labute approximate surface area is 181 Å². The van der Waals surface area contributed by atoms with Crippen molar-refractivity contribution in [1.82, 2.24) is 26.6 Å². The Morgan fingerprint density at radius 2 is 1.41 bits per heavy atom. The van der Waals surface area contributed by atoms with Crippen molar-refractivity contribution in [3.05, 3.63) is 0 Å². The molecule has 0 bridgehead atoms. The normalized spacial score (nSPS) is 16.8. The van der Waals surface area contributed by atoms with Gasteiger partial charge in [0.15, 0.2) is 0 Å². The van der Waals surface area contributed by atoms with Crippen LogP contribution in [0.15, 0.2) is 0 Å². The van der Waals surface area contributed by atoms with E-state index in [0.717, 1.165) is 6.42 Å². The van der Waals surface area contributed by atoms with Gasteiger partial charge in [0.2, 0.25) is 23.6 Å². The minimum absolute atomic E-state index is 0.366. The number of aliphatic carboxylic acids is 3. The third-order valence-corrected chi connectivity index (χ3v) is 4.27. The molecule has 0 aliphatic carbocycles. The monoisotopic (exact) mass is 459 g/mol. The summed E-state index contributed by atoms with van der Waals surface area (Å²) in [6, 6.07) is -3.95. The Morgan fingerprint density at radius 3 is 1.94 bits per heavy atom. The molecular weight excluding hydrogens is 434 g/mol. The molecule has 0 aromatic carbocycles. The molecule has 1 fully saturated rings. The highest BCUT2D eigenvalue weighted by Gasteiger charge is 2.29. The fourth-order valence-corrected chi connectivity index (χ4v) is 2.72. The Hall–Kier alpha value is -3.75. The van der Waals surface area contributed by atoms with Crippen LogP contribution < -0.4 is 26.6 Å². The largest absolute Gasteiger partial charge is 0.481 e. The van der Waals surface area contributed by atoms with Gasteiger partial charge in [-0.3, -0.25) is 28.8 Å². The number of carbonyl (C=O) groups excluding carboxylic acids is 4. The zero-order chi connectivity index (χ0) is 24.3. The van der Waals surface area contributed by atoms with E-state index in [4.69, 9.17) is 15.3 Å². The van der Waals surface area contributed by atoms with Gasteiger partial charge in [0, 0.05) is 0 Å². The predicted octanol–water partition coefficient (Wildman–Crippen LogP) is -4.03. The van der Waals surface area contributed by atoms with Crippen LogP contribution in [0.1, 0.15) is 25.7 Å². The van der Waals surface area contributed by atoms with Crippen molar-refractivity contribution in [2.75, 3.05) is 19.6 Å². The Morgan fingerprint density at radius 1 is 0.812 bits per heavy atom. The van der Waals surface area contributed by atoms with Gasteiger partial charge in [-0.05, 0) is 19.4 Å². The van der Waals surface area contributed by atoms with E-state index in [2.05, 4.69) is 16.0 Å². The zero-order valence-electron chi connectivity index (χ0n) is 16.9. The van der Waals surface area contributed by atoms with Gasteiger partial charge in [0.25, 0.3) is 0 Å². The number of hydrogen-bond acceptors (Lipinski definition) is 8. The van der Waals surface area contributed by atoms with Gasteiger partial charge in [-0.15, -0.1) is 0 Å². The minimum atomic E-state index is -1.84. The van der Waals surface area contributed by atoms with Gasteiger partial charge >= 0.3 is 17.9 Å². The molecule has 1 heterocycles. The van der Waals surface area contributed by atoms with Gasteiger partial charge in [-0.1, -0.05) is 0 Å². The molecule has 8 N–H and O–H groups in total. The molecular formula is C17H25N5O10. The maximum Gasteiger partial charge on any atom is 0.326 e. The fourth-order valence-electron chi connectivity index (χ4n) is 2.72. The summed E-state index contributed by atoms with van der Waals surface area (Å²) in [6.07, 6.45) is -0.417. The summed E-state index contributed by atoms with van der Waals surface area (Å²) in [7, 11) is 0. The van der Waals surface area contributed by atoms with Gasteiger partial charge in [0.05, 0.1) is 32.0 Å². The fraction of sp³-hybridized carbons (Fsp3) is 0.588. The number of rotatable bonds is 13. The van der Waals surface area contributed by atoms with Gasteiger partial charge < -0.3 is 41.9 Å². The molecule has 0 aromatic rings. The van der Waals surface area contributed by atoms with E-state index in [9.17, 15) is 33.6 Å². The molecule has 1 aliphatic heterocycles. The third kappa shape index (κ3) is 9.84. The second-order valence-electron chi connectivity index (χ2n) is 6.86. The summed E-state index contributed by atoms with van der Waals surface area (Å²) in [5, 5.41) is 37.9. The SMILES string of the molecule is O=C(O)C[C@H](NC(=O)[C@H](CC(=O)O)NC(=O)CNC(=O)CNC(=O)[C@@H]1CCCN1)C(=O)O. The molecule has 4 amide bonds. The molecule has 1 aliphatic rings. The van der Waals surface area contributed by atoms with Crippen molar-refractivity contribution in [3.63, 3.8) is 0 Å². The summed E-state index contributed by atoms with van der Waals surface area (Å²) >= 11 is 0. The zero-order valence-corrected chi connectivity index (χ0v) is 16.9. The molecule has 1 rings (SSSR count). The third-order valence-electron chi connectivity index (χ3n) is 4.27. The summed E-state index contributed by atoms with van der Waals surface area (Å²) in [6.45, 7) is -0.366. The van der Waals surface area contributed by atoms with Crippen LogP contribution in [0, 0.1) is 0 Å². The van der Waals surface area contributed by atoms with Crippen LogP contribution in [0.5, 0.6) is 0 Å². The molecule has 15 heteroatoms. The first-order chi connectivity index (χ1) is 15.0. The maximum atomic E-state index is 12.2. The predicted molar refractivity (Wildman–Crippen MR) is 103 cm³/mol. The lowest BCUT2D eigenvalue weighted by atomic mass is 10.1.